The van der Waals surface area contributed by atoms with Crippen LogP contribution in [0.2, 0.25) is 0 Å². The average Bonchev–Trinajstić information content (AvgIpc) is 3.10. The number of benzene rings is 1. The molecule has 3 rings (SSSR count). The molecule has 146 valence electrons. The van der Waals surface area contributed by atoms with Crippen molar-refractivity contribution in [3.63, 3.8) is 0 Å². The first kappa shape index (κ1) is 19.6. The second kappa shape index (κ2) is 7.84. The number of carbonyl (C=O) groups excluding carboxylic acids is 1. The summed E-state index contributed by atoms with van der Waals surface area (Å²) in [5, 5.41) is 8.84. The molecule has 0 N–H and O–H groups in total. The molecule has 0 fully saturated rings. The summed E-state index contributed by atoms with van der Waals surface area (Å²) >= 11 is 0. The fraction of sp³-hybridized carbons (Fsp3) is 0.318. The highest BCUT2D eigenvalue weighted by Crippen LogP contribution is 2.23. The molecule has 3 aromatic rings. The van der Waals surface area contributed by atoms with Crippen LogP contribution in [0.15, 0.2) is 30.3 Å². The van der Waals surface area contributed by atoms with E-state index >= 15 is 0 Å². The minimum absolute atomic E-state index is 0.0426. The molecule has 0 aliphatic rings. The summed E-state index contributed by atoms with van der Waals surface area (Å²) in [7, 11) is 3.50. The number of carbonyl (C=O) groups is 1. The minimum atomic E-state index is -0.0426. The summed E-state index contributed by atoms with van der Waals surface area (Å²) in [5.41, 5.74) is 6.30. The Kier molecular flexibility index (Phi) is 5.49. The first-order valence-electron chi connectivity index (χ1n) is 9.20. The molecule has 0 spiro atoms. The van der Waals surface area contributed by atoms with Crippen LogP contribution >= 0.6 is 0 Å². The van der Waals surface area contributed by atoms with Crippen molar-refractivity contribution in [2.75, 3.05) is 7.11 Å². The fourth-order valence-corrected chi connectivity index (χ4v) is 3.41. The van der Waals surface area contributed by atoms with Crippen molar-refractivity contribution in [2.45, 2.75) is 34.2 Å². The molecule has 0 aliphatic carbocycles. The van der Waals surface area contributed by atoms with Gasteiger partial charge in [-0.2, -0.15) is 10.2 Å². The monoisotopic (exact) mass is 378 g/mol. The standard InChI is InChI=1S/C22H26N4O2/c1-14-11-15(2)26(23-14)13-19-12-18(8-10-21(19)28-6)7-9-20(27)22-16(3)24-25(5)17(22)4/h7-12H,13H2,1-6H3/b9-7+. The maximum absolute atomic E-state index is 12.6. The second-order valence-electron chi connectivity index (χ2n) is 7.02. The van der Waals surface area contributed by atoms with Crippen molar-refractivity contribution in [2.24, 2.45) is 7.05 Å². The van der Waals surface area contributed by atoms with Gasteiger partial charge < -0.3 is 4.74 Å². The molecule has 0 saturated carbocycles. The molecule has 0 aliphatic heterocycles. The number of allylic oxidation sites excluding steroid dienone is 1. The molecular weight excluding hydrogens is 352 g/mol. The number of hydrogen-bond donors (Lipinski definition) is 0. The Bertz CT molecular complexity index is 1060. The zero-order chi connectivity index (χ0) is 20.4. The number of ketones is 1. The Morgan fingerprint density at radius 1 is 1.14 bits per heavy atom. The van der Waals surface area contributed by atoms with Gasteiger partial charge in [-0.3, -0.25) is 14.2 Å². The maximum atomic E-state index is 12.6. The van der Waals surface area contributed by atoms with Gasteiger partial charge in [0.15, 0.2) is 5.78 Å². The van der Waals surface area contributed by atoms with E-state index < -0.39 is 0 Å². The summed E-state index contributed by atoms with van der Waals surface area (Å²) in [4.78, 5) is 12.6. The van der Waals surface area contributed by atoms with Gasteiger partial charge in [0.1, 0.15) is 5.75 Å². The fourth-order valence-electron chi connectivity index (χ4n) is 3.41. The number of ether oxygens (including phenoxy) is 1. The van der Waals surface area contributed by atoms with E-state index in [4.69, 9.17) is 4.74 Å². The van der Waals surface area contributed by atoms with Crippen molar-refractivity contribution in [1.29, 1.82) is 0 Å². The van der Waals surface area contributed by atoms with Gasteiger partial charge in [0.05, 0.1) is 30.6 Å². The Labute approximate surface area is 165 Å². The van der Waals surface area contributed by atoms with Gasteiger partial charge in [0.2, 0.25) is 0 Å². The SMILES string of the molecule is COc1ccc(/C=C/C(=O)c2c(C)nn(C)c2C)cc1Cn1nc(C)cc1C. The second-order valence-corrected chi connectivity index (χ2v) is 7.02. The lowest BCUT2D eigenvalue weighted by molar-refractivity contribution is 0.104. The third kappa shape index (κ3) is 3.91. The lowest BCUT2D eigenvalue weighted by Gasteiger charge is -2.11. The quantitative estimate of drug-likeness (QED) is 0.483. The van der Waals surface area contributed by atoms with Gasteiger partial charge in [-0.15, -0.1) is 0 Å². The van der Waals surface area contributed by atoms with Crippen molar-refractivity contribution < 1.29 is 9.53 Å². The summed E-state index contributed by atoms with van der Waals surface area (Å²) in [5.74, 6) is 0.758. The molecule has 6 nitrogen and oxygen atoms in total. The molecule has 0 amide bonds. The van der Waals surface area contributed by atoms with E-state index in [1.807, 2.05) is 69.8 Å². The van der Waals surface area contributed by atoms with Gasteiger partial charge in [0.25, 0.3) is 0 Å². The molecule has 0 atom stereocenters. The van der Waals surface area contributed by atoms with Crippen molar-refractivity contribution >= 4 is 11.9 Å². The third-order valence-corrected chi connectivity index (χ3v) is 4.91. The highest BCUT2D eigenvalue weighted by Gasteiger charge is 2.15. The van der Waals surface area contributed by atoms with Crippen molar-refractivity contribution in [1.82, 2.24) is 19.6 Å². The van der Waals surface area contributed by atoms with Crippen LogP contribution < -0.4 is 4.74 Å². The van der Waals surface area contributed by atoms with Crippen LogP contribution in [0, 0.1) is 27.7 Å². The maximum Gasteiger partial charge on any atom is 0.189 e. The molecule has 6 heteroatoms. The van der Waals surface area contributed by atoms with Crippen LogP contribution in [0.3, 0.4) is 0 Å². The topological polar surface area (TPSA) is 61.9 Å². The molecule has 0 saturated heterocycles. The first-order valence-corrected chi connectivity index (χ1v) is 9.20. The van der Waals surface area contributed by atoms with Crippen LogP contribution in [0.4, 0.5) is 0 Å². The number of methoxy groups -OCH3 is 1. The van der Waals surface area contributed by atoms with Crippen LogP contribution in [-0.2, 0) is 13.6 Å². The lowest BCUT2D eigenvalue weighted by Crippen LogP contribution is -2.06. The number of nitrogens with zero attached hydrogens (tertiary/aromatic N) is 4. The normalized spacial score (nSPS) is 11.4. The van der Waals surface area contributed by atoms with Crippen molar-refractivity contribution in [3.8, 4) is 5.75 Å². The number of rotatable bonds is 6. The lowest BCUT2D eigenvalue weighted by atomic mass is 10.1. The Morgan fingerprint density at radius 2 is 1.89 bits per heavy atom. The molecule has 0 unspecified atom stereocenters. The highest BCUT2D eigenvalue weighted by molar-refractivity contribution is 6.08. The first-order chi connectivity index (χ1) is 13.3. The van der Waals surface area contributed by atoms with E-state index in [1.165, 1.54) is 0 Å². The summed E-state index contributed by atoms with van der Waals surface area (Å²) in [6, 6.07) is 7.94. The van der Waals surface area contributed by atoms with E-state index in [9.17, 15) is 4.79 Å². The third-order valence-electron chi connectivity index (χ3n) is 4.91. The van der Waals surface area contributed by atoms with E-state index in [0.717, 1.165) is 39.7 Å². The van der Waals surface area contributed by atoms with E-state index in [-0.39, 0.29) is 5.78 Å². The zero-order valence-electron chi connectivity index (χ0n) is 17.3. The van der Waals surface area contributed by atoms with Crippen molar-refractivity contribution in [3.05, 3.63) is 69.8 Å². The van der Waals surface area contributed by atoms with Crippen LogP contribution in [-0.4, -0.2) is 32.5 Å². The van der Waals surface area contributed by atoms with E-state index in [0.29, 0.717) is 12.1 Å². The van der Waals surface area contributed by atoms with Gasteiger partial charge >= 0.3 is 0 Å². The zero-order valence-corrected chi connectivity index (χ0v) is 17.3. The summed E-state index contributed by atoms with van der Waals surface area (Å²) in [6.07, 6.45) is 3.43. The van der Waals surface area contributed by atoms with Gasteiger partial charge in [-0.25, -0.2) is 0 Å². The predicted molar refractivity (Wildman–Crippen MR) is 110 cm³/mol. The molecule has 1 aromatic carbocycles. The average molecular weight is 378 g/mol. The highest BCUT2D eigenvalue weighted by atomic mass is 16.5. The molecule has 2 heterocycles. The molecule has 0 radical (unpaired) electrons. The Morgan fingerprint density at radius 3 is 2.46 bits per heavy atom. The smallest absolute Gasteiger partial charge is 0.189 e. The molecule has 28 heavy (non-hydrogen) atoms. The predicted octanol–water partition coefficient (Wildman–Crippen LogP) is 3.80. The van der Waals surface area contributed by atoms with Crippen LogP contribution in [0.25, 0.3) is 6.08 Å². The van der Waals surface area contributed by atoms with E-state index in [2.05, 4.69) is 10.2 Å². The van der Waals surface area contributed by atoms with Crippen LogP contribution in [0.1, 0.15) is 44.3 Å². The van der Waals surface area contributed by atoms with E-state index in [1.54, 1.807) is 17.9 Å². The van der Waals surface area contributed by atoms with Gasteiger partial charge in [0, 0.05) is 24.0 Å². The Balaban J connectivity index is 1.87. The minimum Gasteiger partial charge on any atom is -0.496 e. The number of hydrogen-bond acceptors (Lipinski definition) is 4. The molecule has 0 bridgehead atoms. The molecular formula is C22H26N4O2. The number of aromatic nitrogens is 4. The largest absolute Gasteiger partial charge is 0.496 e. The number of aryl methyl sites for hydroxylation is 4. The van der Waals surface area contributed by atoms with Crippen LogP contribution in [0.5, 0.6) is 5.75 Å². The van der Waals surface area contributed by atoms with Gasteiger partial charge in [-0.05, 0) is 57.5 Å². The summed E-state index contributed by atoms with van der Waals surface area (Å²) in [6.45, 7) is 8.38. The Hall–Kier alpha value is -3.15. The summed E-state index contributed by atoms with van der Waals surface area (Å²) < 4.78 is 9.19. The molecule has 2 aromatic heterocycles. The van der Waals surface area contributed by atoms with Gasteiger partial charge in [-0.1, -0.05) is 12.1 Å².